The van der Waals surface area contributed by atoms with Gasteiger partial charge in [-0.05, 0) is 25.7 Å². The van der Waals surface area contributed by atoms with E-state index in [9.17, 15) is 8.42 Å². The molecule has 0 amide bonds. The van der Waals surface area contributed by atoms with Crippen molar-refractivity contribution >= 4 is 10.0 Å². The van der Waals surface area contributed by atoms with Gasteiger partial charge in [0.15, 0.2) is 0 Å². The summed E-state index contributed by atoms with van der Waals surface area (Å²) in [5.41, 5.74) is 0. The Hall–Kier alpha value is -0.130. The van der Waals surface area contributed by atoms with Gasteiger partial charge in [0, 0.05) is 18.6 Å². The molecule has 1 saturated carbocycles. The van der Waals surface area contributed by atoms with Crippen molar-refractivity contribution < 1.29 is 13.2 Å². The summed E-state index contributed by atoms with van der Waals surface area (Å²) in [5, 5.41) is 0. The minimum atomic E-state index is -3.07. The number of rotatable bonds is 2. The van der Waals surface area contributed by atoms with Crippen LogP contribution in [-0.4, -0.2) is 33.4 Å². The largest absolute Gasteiger partial charge is 0.378 e. The summed E-state index contributed by atoms with van der Waals surface area (Å²) in [6.45, 7) is 0.789. The van der Waals surface area contributed by atoms with Crippen LogP contribution in [0.5, 0.6) is 0 Å². The Morgan fingerprint density at radius 1 is 1.29 bits per heavy atom. The van der Waals surface area contributed by atoms with Crippen molar-refractivity contribution in [2.24, 2.45) is 5.92 Å². The van der Waals surface area contributed by atoms with Crippen molar-refractivity contribution in [2.45, 2.75) is 37.8 Å². The fraction of sp³-hybridized carbons (Fsp3) is 1.00. The molecule has 0 aromatic carbocycles. The molecule has 14 heavy (non-hydrogen) atoms. The summed E-state index contributed by atoms with van der Waals surface area (Å²) in [4.78, 5) is 0. The average molecular weight is 219 g/mol. The van der Waals surface area contributed by atoms with E-state index in [0.29, 0.717) is 12.0 Å². The minimum absolute atomic E-state index is 0.103. The van der Waals surface area contributed by atoms with Crippen LogP contribution in [0.4, 0.5) is 0 Å². The molecule has 1 heterocycles. The van der Waals surface area contributed by atoms with Crippen LogP contribution in [0.2, 0.25) is 0 Å². The lowest BCUT2D eigenvalue weighted by Gasteiger charge is -2.32. The highest BCUT2D eigenvalue weighted by molar-refractivity contribution is 7.88. The molecule has 2 rings (SSSR count). The van der Waals surface area contributed by atoms with E-state index in [4.69, 9.17) is 4.74 Å². The molecule has 0 aromatic heterocycles. The van der Waals surface area contributed by atoms with Gasteiger partial charge >= 0.3 is 0 Å². The van der Waals surface area contributed by atoms with Gasteiger partial charge in [-0.25, -0.2) is 13.1 Å². The molecule has 0 bridgehead atoms. The number of nitrogens with one attached hydrogen (secondary N) is 1. The summed E-state index contributed by atoms with van der Waals surface area (Å²) in [7, 11) is -3.07. The van der Waals surface area contributed by atoms with Crippen LogP contribution in [0.3, 0.4) is 0 Å². The predicted octanol–water partition coefficient (Wildman–Crippen LogP) is 0.493. The van der Waals surface area contributed by atoms with Crippen LogP contribution in [0.25, 0.3) is 0 Å². The molecule has 1 aliphatic heterocycles. The van der Waals surface area contributed by atoms with Crippen molar-refractivity contribution in [3.05, 3.63) is 0 Å². The lowest BCUT2D eigenvalue weighted by Crippen LogP contribution is -2.45. The Kier molecular flexibility index (Phi) is 2.81. The van der Waals surface area contributed by atoms with Crippen molar-refractivity contribution in [3.63, 3.8) is 0 Å². The fourth-order valence-electron chi connectivity index (χ4n) is 2.60. The first-order valence-electron chi connectivity index (χ1n) is 5.15. The van der Waals surface area contributed by atoms with Crippen molar-refractivity contribution in [1.29, 1.82) is 0 Å². The maximum absolute atomic E-state index is 11.1. The molecule has 2 aliphatic rings. The van der Waals surface area contributed by atoms with Crippen LogP contribution in [0, 0.1) is 5.92 Å². The SMILES string of the molecule is CS(=O)(=O)N[C@@H]1CCC[C@H]2OCC[C@@H]12. The smallest absolute Gasteiger partial charge is 0.208 e. The first kappa shape index (κ1) is 10.4. The molecule has 2 fully saturated rings. The molecule has 0 unspecified atom stereocenters. The molecule has 0 radical (unpaired) electrons. The van der Waals surface area contributed by atoms with E-state index in [1.807, 2.05) is 0 Å². The zero-order chi connectivity index (χ0) is 10.2. The van der Waals surface area contributed by atoms with E-state index in [1.165, 1.54) is 6.26 Å². The second-order valence-electron chi connectivity index (χ2n) is 4.29. The molecule has 3 atom stereocenters. The highest BCUT2D eigenvalue weighted by Crippen LogP contribution is 2.34. The molecule has 0 aromatic rings. The van der Waals surface area contributed by atoms with Gasteiger partial charge in [-0.1, -0.05) is 0 Å². The van der Waals surface area contributed by atoms with Crippen LogP contribution in [0.15, 0.2) is 0 Å². The maximum Gasteiger partial charge on any atom is 0.208 e. The molecule has 5 heteroatoms. The van der Waals surface area contributed by atoms with Crippen LogP contribution in [0.1, 0.15) is 25.7 Å². The van der Waals surface area contributed by atoms with Crippen molar-refractivity contribution in [3.8, 4) is 0 Å². The Bertz CT molecular complexity index is 301. The standard InChI is InChI=1S/C9H17NO3S/c1-14(11,12)10-8-3-2-4-9-7(8)5-6-13-9/h7-10H,2-6H2,1H3/t7-,8+,9+/m0/s1. The normalized spacial score (nSPS) is 38.2. The first-order valence-corrected chi connectivity index (χ1v) is 7.04. The second-order valence-corrected chi connectivity index (χ2v) is 6.07. The quantitative estimate of drug-likeness (QED) is 0.735. The van der Waals surface area contributed by atoms with Crippen molar-refractivity contribution in [1.82, 2.24) is 4.72 Å². The number of fused-ring (bicyclic) bond motifs is 1. The van der Waals surface area contributed by atoms with Crippen molar-refractivity contribution in [2.75, 3.05) is 12.9 Å². The topological polar surface area (TPSA) is 55.4 Å². The summed E-state index contributed by atoms with van der Waals surface area (Å²) >= 11 is 0. The Labute approximate surface area is 85.1 Å². The summed E-state index contributed by atoms with van der Waals surface area (Å²) in [6.07, 6.45) is 5.63. The third-order valence-electron chi connectivity index (χ3n) is 3.15. The number of hydrogen-bond donors (Lipinski definition) is 1. The van der Waals surface area contributed by atoms with Gasteiger partial charge in [-0.15, -0.1) is 0 Å². The third kappa shape index (κ3) is 2.27. The van der Waals surface area contributed by atoms with Crippen LogP contribution >= 0.6 is 0 Å². The predicted molar refractivity (Wildman–Crippen MR) is 53.5 cm³/mol. The van der Waals surface area contributed by atoms with Gasteiger partial charge in [0.05, 0.1) is 12.4 Å². The van der Waals surface area contributed by atoms with Gasteiger partial charge in [-0.3, -0.25) is 0 Å². The number of hydrogen-bond acceptors (Lipinski definition) is 3. The average Bonchev–Trinajstić information content (AvgIpc) is 2.49. The van der Waals surface area contributed by atoms with E-state index in [-0.39, 0.29) is 6.04 Å². The second kappa shape index (κ2) is 3.79. The van der Waals surface area contributed by atoms with E-state index < -0.39 is 10.0 Å². The molecular formula is C9H17NO3S. The maximum atomic E-state index is 11.1. The number of sulfonamides is 1. The van der Waals surface area contributed by atoms with Gasteiger partial charge in [-0.2, -0.15) is 0 Å². The van der Waals surface area contributed by atoms with E-state index >= 15 is 0 Å². The molecule has 82 valence electrons. The number of ether oxygens (including phenoxy) is 1. The lowest BCUT2D eigenvalue weighted by molar-refractivity contribution is 0.0570. The summed E-state index contributed by atoms with van der Waals surface area (Å²) in [6, 6.07) is 0.103. The highest BCUT2D eigenvalue weighted by atomic mass is 32.2. The van der Waals surface area contributed by atoms with Gasteiger partial charge in [0.1, 0.15) is 0 Å². The van der Waals surface area contributed by atoms with Gasteiger partial charge in [0.2, 0.25) is 10.0 Å². The zero-order valence-electron chi connectivity index (χ0n) is 8.40. The Balaban J connectivity index is 2.03. The Morgan fingerprint density at radius 2 is 2.07 bits per heavy atom. The third-order valence-corrected chi connectivity index (χ3v) is 3.88. The highest BCUT2D eigenvalue weighted by Gasteiger charge is 2.38. The Morgan fingerprint density at radius 3 is 2.79 bits per heavy atom. The monoisotopic (exact) mass is 219 g/mol. The van der Waals surface area contributed by atoms with E-state index in [1.54, 1.807) is 0 Å². The molecule has 1 N–H and O–H groups in total. The first-order chi connectivity index (χ1) is 6.56. The van der Waals surface area contributed by atoms with Gasteiger partial charge < -0.3 is 4.74 Å². The summed E-state index contributed by atoms with van der Waals surface area (Å²) < 4.78 is 30.6. The lowest BCUT2D eigenvalue weighted by atomic mass is 9.82. The zero-order valence-corrected chi connectivity index (χ0v) is 9.22. The minimum Gasteiger partial charge on any atom is -0.378 e. The van der Waals surface area contributed by atoms with Crippen LogP contribution < -0.4 is 4.72 Å². The molecule has 4 nitrogen and oxygen atoms in total. The molecule has 0 spiro atoms. The van der Waals surface area contributed by atoms with Crippen LogP contribution in [-0.2, 0) is 14.8 Å². The van der Waals surface area contributed by atoms with Gasteiger partial charge in [0.25, 0.3) is 0 Å². The molecule has 1 saturated heterocycles. The fourth-order valence-corrected chi connectivity index (χ4v) is 3.44. The van der Waals surface area contributed by atoms with E-state index in [2.05, 4.69) is 4.72 Å². The molecular weight excluding hydrogens is 202 g/mol. The van der Waals surface area contributed by atoms with E-state index in [0.717, 1.165) is 32.3 Å². The summed E-state index contributed by atoms with van der Waals surface area (Å²) in [5.74, 6) is 0.401. The molecule has 1 aliphatic carbocycles.